The lowest BCUT2D eigenvalue weighted by molar-refractivity contribution is -0.125. The summed E-state index contributed by atoms with van der Waals surface area (Å²) < 4.78 is 5.40. The van der Waals surface area contributed by atoms with E-state index in [4.69, 9.17) is 10.5 Å². The zero-order valence-electron chi connectivity index (χ0n) is 15.2. The van der Waals surface area contributed by atoms with Crippen molar-refractivity contribution in [1.29, 1.82) is 0 Å². The second-order valence-electron chi connectivity index (χ2n) is 6.20. The Morgan fingerprint density at radius 1 is 1.12 bits per heavy atom. The van der Waals surface area contributed by atoms with Gasteiger partial charge in [-0.25, -0.2) is 0 Å². The first-order valence-electron chi connectivity index (χ1n) is 8.19. The lowest BCUT2D eigenvalue weighted by Crippen LogP contribution is -2.37. The van der Waals surface area contributed by atoms with Gasteiger partial charge in [0.25, 0.3) is 0 Å². The van der Waals surface area contributed by atoms with Crippen LogP contribution >= 0.6 is 12.4 Å². The molecule has 0 saturated heterocycles. The number of carbonyl (C=O) groups is 1. The number of aryl methyl sites for hydroxylation is 1. The van der Waals surface area contributed by atoms with Gasteiger partial charge in [0.1, 0.15) is 5.75 Å². The maximum Gasteiger partial charge on any atom is 0.225 e. The SMILES string of the molecule is COc1ccc(C)cc1C(C)NC(=O)C(C)C(N)c1ccccc1.Cl. The monoisotopic (exact) mass is 362 g/mol. The minimum atomic E-state index is -0.335. The van der Waals surface area contributed by atoms with E-state index in [0.717, 1.165) is 22.4 Å². The summed E-state index contributed by atoms with van der Waals surface area (Å²) in [6.45, 7) is 5.83. The van der Waals surface area contributed by atoms with Crippen LogP contribution in [0.1, 0.15) is 42.6 Å². The average molecular weight is 363 g/mol. The molecular formula is C20H27ClN2O2. The normalized spacial score (nSPS) is 14.0. The third kappa shape index (κ3) is 5.21. The molecule has 4 nitrogen and oxygen atoms in total. The van der Waals surface area contributed by atoms with E-state index in [-0.39, 0.29) is 36.3 Å². The van der Waals surface area contributed by atoms with Crippen LogP contribution in [0.3, 0.4) is 0 Å². The molecule has 2 aromatic carbocycles. The summed E-state index contributed by atoms with van der Waals surface area (Å²) in [6, 6.07) is 15.1. The highest BCUT2D eigenvalue weighted by atomic mass is 35.5. The molecule has 0 bridgehead atoms. The average Bonchev–Trinajstić information content (AvgIpc) is 2.61. The predicted octanol–water partition coefficient (Wildman–Crippen LogP) is 3.94. The third-order valence-corrected chi connectivity index (χ3v) is 4.35. The largest absolute Gasteiger partial charge is 0.496 e. The Morgan fingerprint density at radius 2 is 1.76 bits per heavy atom. The lowest BCUT2D eigenvalue weighted by Gasteiger charge is -2.23. The number of hydrogen-bond donors (Lipinski definition) is 2. The number of methoxy groups -OCH3 is 1. The van der Waals surface area contributed by atoms with Gasteiger partial charge in [-0.2, -0.15) is 0 Å². The van der Waals surface area contributed by atoms with Crippen molar-refractivity contribution < 1.29 is 9.53 Å². The first-order valence-corrected chi connectivity index (χ1v) is 8.19. The van der Waals surface area contributed by atoms with Crippen LogP contribution in [0.2, 0.25) is 0 Å². The third-order valence-electron chi connectivity index (χ3n) is 4.35. The number of amides is 1. The molecule has 0 aliphatic carbocycles. The van der Waals surface area contributed by atoms with Gasteiger partial charge < -0.3 is 15.8 Å². The molecule has 2 rings (SSSR count). The molecule has 3 unspecified atom stereocenters. The van der Waals surface area contributed by atoms with Gasteiger partial charge in [-0.15, -0.1) is 12.4 Å². The van der Waals surface area contributed by atoms with Gasteiger partial charge in [-0.1, -0.05) is 55.0 Å². The maximum absolute atomic E-state index is 12.6. The Balaban J connectivity index is 0.00000312. The van der Waals surface area contributed by atoms with Crippen molar-refractivity contribution in [2.24, 2.45) is 11.7 Å². The molecule has 3 N–H and O–H groups in total. The molecule has 136 valence electrons. The Labute approximate surface area is 156 Å². The van der Waals surface area contributed by atoms with E-state index >= 15 is 0 Å². The first kappa shape index (κ1) is 21.0. The molecule has 1 amide bonds. The van der Waals surface area contributed by atoms with Crippen molar-refractivity contribution in [3.05, 3.63) is 65.2 Å². The van der Waals surface area contributed by atoms with Gasteiger partial charge >= 0.3 is 0 Å². The maximum atomic E-state index is 12.6. The molecule has 0 saturated carbocycles. The number of carbonyl (C=O) groups excluding carboxylic acids is 1. The zero-order valence-corrected chi connectivity index (χ0v) is 16.0. The molecule has 0 aromatic heterocycles. The van der Waals surface area contributed by atoms with E-state index in [2.05, 4.69) is 5.32 Å². The van der Waals surface area contributed by atoms with Crippen LogP contribution in [0, 0.1) is 12.8 Å². The van der Waals surface area contributed by atoms with Crippen molar-refractivity contribution in [1.82, 2.24) is 5.32 Å². The van der Waals surface area contributed by atoms with Crippen LogP contribution in [-0.4, -0.2) is 13.0 Å². The standard InChI is InChI=1S/C20H26N2O2.ClH/c1-13-10-11-18(24-4)17(12-13)15(3)22-20(23)14(2)19(21)16-8-6-5-7-9-16;/h5-12,14-15,19H,21H2,1-4H3,(H,22,23);1H. The molecule has 2 aromatic rings. The molecule has 0 spiro atoms. The predicted molar refractivity (Wildman–Crippen MR) is 104 cm³/mol. The summed E-state index contributed by atoms with van der Waals surface area (Å²) in [4.78, 5) is 12.6. The zero-order chi connectivity index (χ0) is 17.7. The van der Waals surface area contributed by atoms with Crippen molar-refractivity contribution in [3.8, 4) is 5.75 Å². The molecule has 5 heteroatoms. The number of nitrogens with two attached hydrogens (primary N) is 1. The summed E-state index contributed by atoms with van der Waals surface area (Å²) >= 11 is 0. The van der Waals surface area contributed by atoms with Crippen LogP contribution in [-0.2, 0) is 4.79 Å². The van der Waals surface area contributed by atoms with E-state index in [1.54, 1.807) is 7.11 Å². The molecule has 0 fully saturated rings. The van der Waals surface area contributed by atoms with Gasteiger partial charge in [0.2, 0.25) is 5.91 Å². The Morgan fingerprint density at radius 3 is 2.36 bits per heavy atom. The minimum absolute atomic E-state index is 0. The van der Waals surface area contributed by atoms with E-state index < -0.39 is 0 Å². The number of ether oxygens (including phenoxy) is 1. The molecule has 3 atom stereocenters. The summed E-state index contributed by atoms with van der Waals surface area (Å²) in [5.74, 6) is 0.376. The second kappa shape index (κ2) is 9.44. The van der Waals surface area contributed by atoms with Gasteiger partial charge in [0.15, 0.2) is 0 Å². The summed E-state index contributed by atoms with van der Waals surface area (Å²) in [7, 11) is 1.64. The number of benzene rings is 2. The highest BCUT2D eigenvalue weighted by molar-refractivity contribution is 5.85. The van der Waals surface area contributed by atoms with Gasteiger partial charge in [0, 0.05) is 11.6 Å². The Hall–Kier alpha value is -2.04. The smallest absolute Gasteiger partial charge is 0.225 e. The van der Waals surface area contributed by atoms with E-state index in [9.17, 15) is 4.79 Å². The molecule has 0 radical (unpaired) electrons. The van der Waals surface area contributed by atoms with Gasteiger partial charge in [0.05, 0.1) is 19.1 Å². The van der Waals surface area contributed by atoms with Crippen molar-refractivity contribution in [3.63, 3.8) is 0 Å². The van der Waals surface area contributed by atoms with Crippen LogP contribution in [0.15, 0.2) is 48.5 Å². The molecule has 25 heavy (non-hydrogen) atoms. The first-order chi connectivity index (χ1) is 11.4. The number of rotatable bonds is 6. The van der Waals surface area contributed by atoms with E-state index in [1.165, 1.54) is 0 Å². The number of hydrogen-bond acceptors (Lipinski definition) is 3. The van der Waals surface area contributed by atoms with E-state index in [1.807, 2.05) is 69.3 Å². The number of nitrogens with one attached hydrogen (secondary N) is 1. The van der Waals surface area contributed by atoms with Crippen molar-refractivity contribution in [2.75, 3.05) is 7.11 Å². The molecule has 0 aliphatic heterocycles. The molecular weight excluding hydrogens is 336 g/mol. The fourth-order valence-corrected chi connectivity index (χ4v) is 2.74. The van der Waals surface area contributed by atoms with Crippen LogP contribution in [0.5, 0.6) is 5.75 Å². The van der Waals surface area contributed by atoms with E-state index in [0.29, 0.717) is 0 Å². The highest BCUT2D eigenvalue weighted by Crippen LogP contribution is 2.27. The summed E-state index contributed by atoms with van der Waals surface area (Å²) in [5.41, 5.74) is 9.30. The fraction of sp³-hybridized carbons (Fsp3) is 0.350. The van der Waals surface area contributed by atoms with Crippen molar-refractivity contribution in [2.45, 2.75) is 32.9 Å². The van der Waals surface area contributed by atoms with Crippen LogP contribution in [0.4, 0.5) is 0 Å². The van der Waals surface area contributed by atoms with Gasteiger partial charge in [-0.3, -0.25) is 4.79 Å². The topological polar surface area (TPSA) is 64.3 Å². The molecule has 0 aliphatic rings. The second-order valence-corrected chi connectivity index (χ2v) is 6.20. The van der Waals surface area contributed by atoms with Crippen molar-refractivity contribution >= 4 is 18.3 Å². The number of halogens is 1. The lowest BCUT2D eigenvalue weighted by atomic mass is 9.94. The Kier molecular flexibility index (Phi) is 7.94. The highest BCUT2D eigenvalue weighted by Gasteiger charge is 2.24. The van der Waals surface area contributed by atoms with Crippen LogP contribution in [0.25, 0.3) is 0 Å². The Bertz CT molecular complexity index is 691. The fourth-order valence-electron chi connectivity index (χ4n) is 2.74. The van der Waals surface area contributed by atoms with Gasteiger partial charge in [-0.05, 0) is 25.5 Å². The van der Waals surface area contributed by atoms with Crippen LogP contribution < -0.4 is 15.8 Å². The minimum Gasteiger partial charge on any atom is -0.496 e. The summed E-state index contributed by atoms with van der Waals surface area (Å²) in [5, 5.41) is 3.05. The molecule has 0 heterocycles. The summed E-state index contributed by atoms with van der Waals surface area (Å²) in [6.07, 6.45) is 0. The quantitative estimate of drug-likeness (QED) is 0.818.